The van der Waals surface area contributed by atoms with Crippen molar-refractivity contribution in [2.24, 2.45) is 11.8 Å². The predicted molar refractivity (Wildman–Crippen MR) is 116 cm³/mol. The molecule has 4 rings (SSSR count). The molecule has 0 saturated carbocycles. The van der Waals surface area contributed by atoms with Gasteiger partial charge in [0.2, 0.25) is 11.8 Å². The molecule has 3 aliphatic rings. The third-order valence-electron chi connectivity index (χ3n) is 7.23. The number of hydrogen-bond donors (Lipinski definition) is 0. The molecule has 2 amide bonds. The fourth-order valence-corrected chi connectivity index (χ4v) is 5.67. The van der Waals surface area contributed by atoms with Crippen molar-refractivity contribution in [2.75, 3.05) is 40.3 Å². The van der Waals surface area contributed by atoms with Crippen LogP contribution in [0.1, 0.15) is 44.1 Å². The number of hydrogen-bond acceptors (Lipinski definition) is 4. The summed E-state index contributed by atoms with van der Waals surface area (Å²) in [4.78, 5) is 32.1. The maximum Gasteiger partial charge on any atom is 0.227 e. The smallest absolute Gasteiger partial charge is 0.227 e. The first-order chi connectivity index (χ1) is 14.6. The van der Waals surface area contributed by atoms with Gasteiger partial charge >= 0.3 is 0 Å². The molecule has 3 saturated heterocycles. The van der Waals surface area contributed by atoms with E-state index in [2.05, 4.69) is 4.90 Å². The van der Waals surface area contributed by atoms with E-state index in [0.717, 1.165) is 17.9 Å². The SMILES string of the molecule is COc1ccccc1CN1CC(C(=O)N(C)C[C@@H]2CCCN3CCCC[C@H]23)CC1=O. The molecule has 6 heteroatoms. The lowest BCUT2D eigenvalue weighted by Gasteiger charge is -2.45. The number of rotatable bonds is 6. The minimum atomic E-state index is -0.233. The maximum atomic E-state index is 13.2. The number of nitrogens with zero attached hydrogens (tertiary/aromatic N) is 3. The molecule has 3 atom stereocenters. The zero-order chi connectivity index (χ0) is 21.1. The second-order valence-electron chi connectivity index (χ2n) is 9.21. The molecule has 0 aliphatic carbocycles. The van der Waals surface area contributed by atoms with Crippen molar-refractivity contribution < 1.29 is 14.3 Å². The zero-order valence-corrected chi connectivity index (χ0v) is 18.4. The molecule has 1 aromatic carbocycles. The number of piperidine rings is 2. The van der Waals surface area contributed by atoms with E-state index >= 15 is 0 Å². The van der Waals surface area contributed by atoms with Crippen molar-refractivity contribution >= 4 is 11.8 Å². The monoisotopic (exact) mass is 413 g/mol. The molecule has 0 radical (unpaired) electrons. The van der Waals surface area contributed by atoms with Crippen LogP contribution in [0.5, 0.6) is 5.75 Å². The molecule has 3 heterocycles. The van der Waals surface area contributed by atoms with Crippen molar-refractivity contribution in [2.45, 2.75) is 51.1 Å². The number of likely N-dealkylation sites (tertiary alicyclic amines) is 1. The second-order valence-corrected chi connectivity index (χ2v) is 9.21. The van der Waals surface area contributed by atoms with Crippen LogP contribution in [0.3, 0.4) is 0 Å². The molecule has 0 bridgehead atoms. The van der Waals surface area contributed by atoms with Crippen LogP contribution in [0.2, 0.25) is 0 Å². The average Bonchev–Trinajstić information content (AvgIpc) is 3.14. The standard InChI is InChI=1S/C24H35N3O3/c1-25(15-18-9-7-13-26-12-6-5-10-21(18)26)24(29)20-14-23(28)27(17-20)16-19-8-3-4-11-22(19)30-2/h3-4,8,11,18,20-21H,5-7,9-10,12-17H2,1-2H3/t18-,20?,21+/m0/s1. The highest BCUT2D eigenvalue weighted by atomic mass is 16.5. The highest BCUT2D eigenvalue weighted by molar-refractivity contribution is 5.89. The fourth-order valence-electron chi connectivity index (χ4n) is 5.67. The van der Waals surface area contributed by atoms with E-state index in [1.807, 2.05) is 36.2 Å². The predicted octanol–water partition coefficient (Wildman–Crippen LogP) is 2.77. The summed E-state index contributed by atoms with van der Waals surface area (Å²) in [5, 5.41) is 0. The molecule has 1 aromatic rings. The van der Waals surface area contributed by atoms with Gasteiger partial charge in [0.05, 0.1) is 13.0 Å². The number of para-hydroxylation sites is 1. The zero-order valence-electron chi connectivity index (χ0n) is 18.4. The summed E-state index contributed by atoms with van der Waals surface area (Å²) in [6.07, 6.45) is 6.65. The summed E-state index contributed by atoms with van der Waals surface area (Å²) in [6.45, 7) is 4.25. The molecule has 0 spiro atoms. The lowest BCUT2D eigenvalue weighted by Crippen LogP contribution is -2.51. The van der Waals surface area contributed by atoms with Gasteiger partial charge in [0.1, 0.15) is 5.75 Å². The summed E-state index contributed by atoms with van der Waals surface area (Å²) in [7, 11) is 3.57. The van der Waals surface area contributed by atoms with E-state index in [9.17, 15) is 9.59 Å². The lowest BCUT2D eigenvalue weighted by molar-refractivity contribution is -0.135. The molecule has 0 N–H and O–H groups in total. The Morgan fingerprint density at radius 3 is 2.80 bits per heavy atom. The van der Waals surface area contributed by atoms with Gasteiger partial charge in [0.15, 0.2) is 0 Å². The summed E-state index contributed by atoms with van der Waals surface area (Å²) >= 11 is 0. The minimum absolute atomic E-state index is 0.0591. The minimum Gasteiger partial charge on any atom is -0.496 e. The van der Waals surface area contributed by atoms with Gasteiger partial charge in [-0.15, -0.1) is 0 Å². The van der Waals surface area contributed by atoms with Gasteiger partial charge in [-0.3, -0.25) is 9.59 Å². The largest absolute Gasteiger partial charge is 0.496 e. The van der Waals surface area contributed by atoms with E-state index in [-0.39, 0.29) is 17.7 Å². The quantitative estimate of drug-likeness (QED) is 0.720. The van der Waals surface area contributed by atoms with Gasteiger partial charge in [-0.25, -0.2) is 0 Å². The number of carbonyl (C=O) groups is 2. The second kappa shape index (κ2) is 9.38. The number of amides is 2. The Hall–Kier alpha value is -2.08. The Kier molecular flexibility index (Phi) is 6.61. The van der Waals surface area contributed by atoms with Gasteiger partial charge in [0.25, 0.3) is 0 Å². The first-order valence-corrected chi connectivity index (χ1v) is 11.5. The fraction of sp³-hybridized carbons (Fsp3) is 0.667. The Morgan fingerprint density at radius 2 is 1.97 bits per heavy atom. The Labute approximate surface area is 180 Å². The number of benzene rings is 1. The molecule has 1 unspecified atom stereocenters. The third-order valence-corrected chi connectivity index (χ3v) is 7.23. The highest BCUT2D eigenvalue weighted by Gasteiger charge is 2.38. The Balaban J connectivity index is 1.34. The third kappa shape index (κ3) is 4.48. The van der Waals surface area contributed by atoms with Crippen LogP contribution in [0, 0.1) is 11.8 Å². The van der Waals surface area contributed by atoms with Crippen LogP contribution in [0.25, 0.3) is 0 Å². The molecule has 30 heavy (non-hydrogen) atoms. The van der Waals surface area contributed by atoms with Crippen molar-refractivity contribution in [3.63, 3.8) is 0 Å². The first-order valence-electron chi connectivity index (χ1n) is 11.5. The van der Waals surface area contributed by atoms with Gasteiger partial charge in [-0.2, -0.15) is 0 Å². The van der Waals surface area contributed by atoms with E-state index in [1.54, 1.807) is 12.0 Å². The number of ether oxygens (including phenoxy) is 1. The van der Waals surface area contributed by atoms with Gasteiger partial charge in [-0.05, 0) is 50.8 Å². The van der Waals surface area contributed by atoms with Gasteiger partial charge in [-0.1, -0.05) is 24.6 Å². The van der Waals surface area contributed by atoms with E-state index < -0.39 is 0 Å². The van der Waals surface area contributed by atoms with Crippen molar-refractivity contribution in [3.05, 3.63) is 29.8 Å². The lowest BCUT2D eigenvalue weighted by atomic mass is 9.83. The normalized spacial score (nSPS) is 27.1. The van der Waals surface area contributed by atoms with Crippen LogP contribution in [-0.4, -0.2) is 72.9 Å². The van der Waals surface area contributed by atoms with E-state index in [4.69, 9.17) is 4.74 Å². The van der Waals surface area contributed by atoms with Crippen LogP contribution >= 0.6 is 0 Å². The Morgan fingerprint density at radius 1 is 1.17 bits per heavy atom. The molecule has 3 fully saturated rings. The van der Waals surface area contributed by atoms with Crippen molar-refractivity contribution in [1.29, 1.82) is 0 Å². The maximum absolute atomic E-state index is 13.2. The highest BCUT2D eigenvalue weighted by Crippen LogP contribution is 2.32. The summed E-state index contributed by atoms with van der Waals surface area (Å²) in [5.41, 5.74) is 0.981. The van der Waals surface area contributed by atoms with Gasteiger partial charge < -0.3 is 19.4 Å². The molecule has 0 aromatic heterocycles. The molecule has 3 aliphatic heterocycles. The van der Waals surface area contributed by atoms with Crippen LogP contribution in [0.4, 0.5) is 0 Å². The first kappa shape index (κ1) is 21.2. The number of fused-ring (bicyclic) bond motifs is 1. The molecule has 6 nitrogen and oxygen atoms in total. The van der Waals surface area contributed by atoms with E-state index in [1.165, 1.54) is 45.2 Å². The van der Waals surface area contributed by atoms with Crippen LogP contribution < -0.4 is 4.74 Å². The molecule has 164 valence electrons. The van der Waals surface area contributed by atoms with Crippen LogP contribution in [0.15, 0.2) is 24.3 Å². The van der Waals surface area contributed by atoms with Crippen molar-refractivity contribution in [1.82, 2.24) is 14.7 Å². The molecular formula is C24H35N3O3. The van der Waals surface area contributed by atoms with Crippen LogP contribution in [-0.2, 0) is 16.1 Å². The molecular weight excluding hydrogens is 378 g/mol. The summed E-state index contributed by atoms with van der Waals surface area (Å²) in [6, 6.07) is 8.40. The summed E-state index contributed by atoms with van der Waals surface area (Å²) < 4.78 is 5.41. The van der Waals surface area contributed by atoms with Crippen molar-refractivity contribution in [3.8, 4) is 5.75 Å². The average molecular weight is 414 g/mol. The number of carbonyl (C=O) groups excluding carboxylic acids is 2. The summed E-state index contributed by atoms with van der Waals surface area (Å²) in [5.74, 6) is 1.30. The number of methoxy groups -OCH3 is 1. The van der Waals surface area contributed by atoms with E-state index in [0.29, 0.717) is 31.5 Å². The van der Waals surface area contributed by atoms with Gasteiger partial charge in [0, 0.05) is 44.7 Å². The Bertz CT molecular complexity index is 766. The topological polar surface area (TPSA) is 53.1 Å².